The van der Waals surface area contributed by atoms with Crippen LogP contribution in [0.25, 0.3) is 0 Å². The van der Waals surface area contributed by atoms with Crippen LogP contribution in [0.2, 0.25) is 0 Å². The highest BCUT2D eigenvalue weighted by atomic mass is 16.6. The van der Waals surface area contributed by atoms with Crippen molar-refractivity contribution in [3.05, 3.63) is 0 Å². The molecular weight excluding hydrogens is 330 g/mol. The van der Waals surface area contributed by atoms with Gasteiger partial charge >= 0.3 is 6.09 Å². The summed E-state index contributed by atoms with van der Waals surface area (Å²) >= 11 is 0. The zero-order chi connectivity index (χ0) is 18.4. The van der Waals surface area contributed by atoms with Crippen molar-refractivity contribution in [3.8, 4) is 0 Å². The van der Waals surface area contributed by atoms with Gasteiger partial charge in [-0.2, -0.15) is 0 Å². The first kappa shape index (κ1) is 19.5. The molecule has 3 fully saturated rings. The molecule has 0 saturated carbocycles. The summed E-state index contributed by atoms with van der Waals surface area (Å²) in [5.41, 5.74) is 0. The fraction of sp³-hybridized carbons (Fsp3) is 0.900. The number of carbonyl (C=O) groups excluding carboxylic acids is 2. The Hall–Kier alpha value is -1.30. The second kappa shape index (κ2) is 9.58. The first-order valence-electron chi connectivity index (χ1n) is 10.6. The molecule has 2 amide bonds. The molecule has 0 aromatic rings. The molecule has 3 aliphatic rings. The van der Waals surface area contributed by atoms with Gasteiger partial charge in [-0.15, -0.1) is 0 Å². The molecule has 6 heteroatoms. The number of hydrogen-bond acceptors (Lipinski definition) is 4. The van der Waals surface area contributed by atoms with Gasteiger partial charge in [0, 0.05) is 45.2 Å². The normalized spacial score (nSPS) is 25.5. The third-order valence-corrected chi connectivity index (χ3v) is 6.28. The van der Waals surface area contributed by atoms with E-state index in [1.165, 1.54) is 32.2 Å². The third kappa shape index (κ3) is 5.12. The van der Waals surface area contributed by atoms with Crippen molar-refractivity contribution >= 4 is 12.0 Å². The van der Waals surface area contributed by atoms with Crippen molar-refractivity contribution < 1.29 is 14.3 Å². The van der Waals surface area contributed by atoms with E-state index in [2.05, 4.69) is 4.90 Å². The van der Waals surface area contributed by atoms with Gasteiger partial charge in [-0.25, -0.2) is 4.79 Å². The van der Waals surface area contributed by atoms with Gasteiger partial charge in [-0.05, 0) is 64.3 Å². The number of amides is 2. The van der Waals surface area contributed by atoms with Crippen LogP contribution >= 0.6 is 0 Å². The number of carbonyl (C=O) groups is 2. The Morgan fingerprint density at radius 1 is 0.923 bits per heavy atom. The molecule has 0 aromatic heterocycles. The van der Waals surface area contributed by atoms with Crippen molar-refractivity contribution in [2.24, 2.45) is 5.92 Å². The number of rotatable bonds is 5. The molecule has 3 rings (SSSR count). The highest BCUT2D eigenvalue weighted by Gasteiger charge is 2.31. The fourth-order valence-corrected chi connectivity index (χ4v) is 4.75. The van der Waals surface area contributed by atoms with Gasteiger partial charge in [0.1, 0.15) is 0 Å². The molecule has 0 aromatic carbocycles. The van der Waals surface area contributed by atoms with Crippen LogP contribution in [0, 0.1) is 5.92 Å². The minimum absolute atomic E-state index is 0.164. The van der Waals surface area contributed by atoms with Crippen LogP contribution in [-0.4, -0.2) is 78.6 Å². The van der Waals surface area contributed by atoms with Gasteiger partial charge in [0.25, 0.3) is 0 Å². The Bertz CT molecular complexity index is 471. The third-order valence-electron chi connectivity index (χ3n) is 6.28. The van der Waals surface area contributed by atoms with Gasteiger partial charge < -0.3 is 14.5 Å². The Morgan fingerprint density at radius 3 is 2.35 bits per heavy atom. The molecule has 0 aliphatic carbocycles. The van der Waals surface area contributed by atoms with E-state index in [0.717, 1.165) is 58.4 Å². The predicted octanol–water partition coefficient (Wildman–Crippen LogP) is 2.72. The van der Waals surface area contributed by atoms with Gasteiger partial charge in [-0.1, -0.05) is 0 Å². The summed E-state index contributed by atoms with van der Waals surface area (Å²) < 4.78 is 5.11. The van der Waals surface area contributed by atoms with Crippen molar-refractivity contribution in [2.75, 3.05) is 45.9 Å². The highest BCUT2D eigenvalue weighted by Crippen LogP contribution is 2.27. The molecule has 26 heavy (non-hydrogen) atoms. The summed E-state index contributed by atoms with van der Waals surface area (Å²) in [5.74, 6) is 1.01. The highest BCUT2D eigenvalue weighted by molar-refractivity contribution is 5.76. The molecule has 1 atom stereocenters. The molecule has 0 spiro atoms. The molecule has 0 N–H and O–H groups in total. The van der Waals surface area contributed by atoms with E-state index >= 15 is 0 Å². The lowest BCUT2D eigenvalue weighted by Crippen LogP contribution is -2.49. The number of piperidine rings is 2. The summed E-state index contributed by atoms with van der Waals surface area (Å²) in [7, 11) is 0. The van der Waals surface area contributed by atoms with E-state index in [1.807, 2.05) is 16.7 Å². The van der Waals surface area contributed by atoms with Crippen LogP contribution < -0.4 is 0 Å². The maximum Gasteiger partial charge on any atom is 0.409 e. The number of likely N-dealkylation sites (tertiary alicyclic amines) is 3. The molecular formula is C20H35N3O3. The van der Waals surface area contributed by atoms with Crippen LogP contribution in [0.1, 0.15) is 58.3 Å². The lowest BCUT2D eigenvalue weighted by Gasteiger charge is -2.42. The molecule has 3 saturated heterocycles. The van der Waals surface area contributed by atoms with Crippen LogP contribution in [0.3, 0.4) is 0 Å². The molecule has 3 heterocycles. The SMILES string of the molecule is CCOC(=O)N1CCC(N2CCCC(CCC(=O)N3CCCC3)C2)CC1. The number of nitrogens with zero attached hydrogens (tertiary/aromatic N) is 3. The van der Waals surface area contributed by atoms with Gasteiger partial charge in [0.05, 0.1) is 6.61 Å². The van der Waals surface area contributed by atoms with E-state index in [4.69, 9.17) is 4.74 Å². The van der Waals surface area contributed by atoms with Crippen molar-refractivity contribution in [3.63, 3.8) is 0 Å². The number of ether oxygens (including phenoxy) is 1. The molecule has 6 nitrogen and oxygen atoms in total. The van der Waals surface area contributed by atoms with Crippen LogP contribution in [0.15, 0.2) is 0 Å². The first-order valence-corrected chi connectivity index (χ1v) is 10.6. The van der Waals surface area contributed by atoms with Gasteiger partial charge in [0.2, 0.25) is 5.91 Å². The first-order chi connectivity index (χ1) is 12.7. The van der Waals surface area contributed by atoms with E-state index in [-0.39, 0.29) is 6.09 Å². The topological polar surface area (TPSA) is 53.1 Å². The van der Waals surface area contributed by atoms with E-state index < -0.39 is 0 Å². The summed E-state index contributed by atoms with van der Waals surface area (Å²) in [6.45, 7) is 8.13. The summed E-state index contributed by atoms with van der Waals surface area (Å²) in [4.78, 5) is 30.6. The lowest BCUT2D eigenvalue weighted by molar-refractivity contribution is -0.130. The maximum absolute atomic E-state index is 12.3. The Labute approximate surface area is 157 Å². The maximum atomic E-state index is 12.3. The van der Waals surface area contributed by atoms with E-state index in [1.54, 1.807) is 0 Å². The van der Waals surface area contributed by atoms with Crippen LogP contribution in [0.5, 0.6) is 0 Å². The fourth-order valence-electron chi connectivity index (χ4n) is 4.75. The zero-order valence-corrected chi connectivity index (χ0v) is 16.3. The largest absolute Gasteiger partial charge is 0.450 e. The summed E-state index contributed by atoms with van der Waals surface area (Å²) in [6, 6.07) is 0.581. The summed E-state index contributed by atoms with van der Waals surface area (Å²) in [6.07, 6.45) is 8.51. The Kier molecular flexibility index (Phi) is 7.17. The van der Waals surface area contributed by atoms with Crippen molar-refractivity contribution in [1.29, 1.82) is 0 Å². The monoisotopic (exact) mass is 365 g/mol. The standard InChI is InChI=1S/C20H35N3O3/c1-2-26-20(25)22-14-9-18(10-15-22)23-13-5-6-17(16-23)7-8-19(24)21-11-3-4-12-21/h17-18H,2-16H2,1H3. The van der Waals surface area contributed by atoms with E-state index in [0.29, 0.717) is 24.5 Å². The average Bonchev–Trinajstić information content (AvgIpc) is 3.22. The van der Waals surface area contributed by atoms with Crippen molar-refractivity contribution in [1.82, 2.24) is 14.7 Å². The van der Waals surface area contributed by atoms with Crippen LogP contribution in [0.4, 0.5) is 4.79 Å². The minimum Gasteiger partial charge on any atom is -0.450 e. The van der Waals surface area contributed by atoms with Crippen molar-refractivity contribution in [2.45, 2.75) is 64.3 Å². The predicted molar refractivity (Wildman–Crippen MR) is 101 cm³/mol. The average molecular weight is 366 g/mol. The van der Waals surface area contributed by atoms with Gasteiger partial charge in [-0.3, -0.25) is 9.69 Å². The summed E-state index contributed by atoms with van der Waals surface area (Å²) in [5, 5.41) is 0. The quantitative estimate of drug-likeness (QED) is 0.752. The lowest BCUT2D eigenvalue weighted by atomic mass is 9.90. The Balaban J connectivity index is 1.39. The van der Waals surface area contributed by atoms with E-state index in [9.17, 15) is 9.59 Å². The molecule has 0 radical (unpaired) electrons. The second-order valence-corrected chi connectivity index (χ2v) is 8.05. The molecule has 0 bridgehead atoms. The van der Waals surface area contributed by atoms with Gasteiger partial charge in [0.15, 0.2) is 0 Å². The second-order valence-electron chi connectivity index (χ2n) is 8.05. The smallest absolute Gasteiger partial charge is 0.409 e. The number of hydrogen-bond donors (Lipinski definition) is 0. The zero-order valence-electron chi connectivity index (χ0n) is 16.3. The van der Waals surface area contributed by atoms with Crippen LogP contribution in [-0.2, 0) is 9.53 Å². The molecule has 1 unspecified atom stereocenters. The molecule has 3 aliphatic heterocycles. The molecule has 148 valence electrons. The minimum atomic E-state index is -0.164. The Morgan fingerprint density at radius 2 is 1.65 bits per heavy atom.